The van der Waals surface area contributed by atoms with Crippen LogP contribution in [0.2, 0.25) is 5.02 Å². The summed E-state index contributed by atoms with van der Waals surface area (Å²) in [7, 11) is 1.74. The minimum atomic E-state index is -0.495. The Morgan fingerprint density at radius 3 is 2.48 bits per heavy atom. The van der Waals surface area contributed by atoms with Crippen LogP contribution in [0.3, 0.4) is 0 Å². The van der Waals surface area contributed by atoms with E-state index in [9.17, 15) is 9.59 Å². The lowest BCUT2D eigenvalue weighted by Gasteiger charge is -2.37. The average Bonchev–Trinajstić information content (AvgIpc) is 3.03. The molecule has 9 heteroatoms. The Kier molecular flexibility index (Phi) is 5.95. The number of carbonyl (C=O) groups is 2. The van der Waals surface area contributed by atoms with E-state index in [1.807, 2.05) is 12.1 Å². The summed E-state index contributed by atoms with van der Waals surface area (Å²) in [6.07, 6.45) is 1.24. The van der Waals surface area contributed by atoms with Crippen molar-refractivity contribution in [1.82, 2.24) is 24.8 Å². The molecule has 0 bridgehead atoms. The van der Waals surface area contributed by atoms with Crippen LogP contribution in [0.4, 0.5) is 4.79 Å². The van der Waals surface area contributed by atoms with Crippen LogP contribution in [0.15, 0.2) is 24.3 Å². The van der Waals surface area contributed by atoms with Gasteiger partial charge >= 0.3 is 6.09 Å². The molecule has 0 saturated carbocycles. The molecule has 1 aromatic heterocycles. The van der Waals surface area contributed by atoms with Gasteiger partial charge in [-0.3, -0.25) is 9.48 Å². The maximum atomic E-state index is 12.8. The van der Waals surface area contributed by atoms with Gasteiger partial charge in [0.1, 0.15) is 5.82 Å². The van der Waals surface area contributed by atoms with Crippen LogP contribution >= 0.6 is 11.6 Å². The molecule has 2 amide bonds. The van der Waals surface area contributed by atoms with Gasteiger partial charge in [-0.05, 0) is 44.0 Å². The van der Waals surface area contributed by atoms with Crippen LogP contribution in [0.5, 0.6) is 0 Å². The van der Waals surface area contributed by atoms with Crippen LogP contribution in [-0.4, -0.2) is 56.5 Å². The number of benzene rings is 1. The van der Waals surface area contributed by atoms with Gasteiger partial charge in [0.15, 0.2) is 5.82 Å². The summed E-state index contributed by atoms with van der Waals surface area (Å²) in [5.41, 5.74) is 0.819. The first-order valence-corrected chi connectivity index (χ1v) is 9.27. The molecule has 1 aromatic carbocycles. The van der Waals surface area contributed by atoms with Gasteiger partial charge in [-0.1, -0.05) is 11.6 Å². The number of aryl methyl sites for hydroxylation is 1. The standard InChI is InChI=1S/C18H22ClN5O3/c1-3-27-18(26)24-11-5-4-10-23(24)16(25)12-15-20-17(21-22(15)2)13-6-8-14(19)9-7-13/h6-9H,3-5,10-12H2,1-2H3. The van der Waals surface area contributed by atoms with Crippen molar-refractivity contribution in [3.63, 3.8) is 0 Å². The number of nitrogens with zero attached hydrogens (tertiary/aromatic N) is 5. The van der Waals surface area contributed by atoms with Crippen molar-refractivity contribution in [3.8, 4) is 11.4 Å². The summed E-state index contributed by atoms with van der Waals surface area (Å²) in [5.74, 6) is 0.845. The first kappa shape index (κ1) is 19.2. The van der Waals surface area contributed by atoms with E-state index in [0.717, 1.165) is 18.4 Å². The Morgan fingerprint density at radius 2 is 1.81 bits per heavy atom. The minimum absolute atomic E-state index is 0.0486. The Bertz CT molecular complexity index is 821. The second kappa shape index (κ2) is 8.39. The highest BCUT2D eigenvalue weighted by atomic mass is 35.5. The van der Waals surface area contributed by atoms with E-state index in [4.69, 9.17) is 16.3 Å². The van der Waals surface area contributed by atoms with E-state index in [-0.39, 0.29) is 18.9 Å². The molecule has 27 heavy (non-hydrogen) atoms. The number of aromatic nitrogens is 3. The normalized spacial score (nSPS) is 14.3. The number of rotatable bonds is 4. The fraction of sp³-hybridized carbons (Fsp3) is 0.444. The zero-order chi connectivity index (χ0) is 19.4. The van der Waals surface area contributed by atoms with Crippen LogP contribution in [0.1, 0.15) is 25.6 Å². The third kappa shape index (κ3) is 4.39. The maximum Gasteiger partial charge on any atom is 0.428 e. The molecule has 1 fully saturated rings. The quantitative estimate of drug-likeness (QED) is 0.800. The van der Waals surface area contributed by atoms with Gasteiger partial charge in [-0.2, -0.15) is 5.10 Å². The third-order valence-corrected chi connectivity index (χ3v) is 4.56. The molecule has 1 aliphatic heterocycles. The van der Waals surface area contributed by atoms with Crippen LogP contribution in [0.25, 0.3) is 11.4 Å². The number of halogens is 1. The van der Waals surface area contributed by atoms with Crippen LogP contribution < -0.4 is 0 Å². The summed E-state index contributed by atoms with van der Waals surface area (Å²) in [4.78, 5) is 29.4. The number of amides is 2. The van der Waals surface area contributed by atoms with E-state index in [0.29, 0.717) is 29.8 Å². The number of hydrogen-bond donors (Lipinski definition) is 0. The fourth-order valence-corrected chi connectivity index (χ4v) is 3.06. The lowest BCUT2D eigenvalue weighted by Crippen LogP contribution is -2.53. The second-order valence-corrected chi connectivity index (χ2v) is 6.64. The molecule has 8 nitrogen and oxygen atoms in total. The lowest BCUT2D eigenvalue weighted by atomic mass is 10.2. The summed E-state index contributed by atoms with van der Waals surface area (Å²) in [6, 6.07) is 7.19. The predicted molar refractivity (Wildman–Crippen MR) is 99.8 cm³/mol. The smallest absolute Gasteiger partial charge is 0.428 e. The molecule has 0 N–H and O–H groups in total. The molecule has 2 aromatic rings. The molecule has 0 atom stereocenters. The van der Waals surface area contributed by atoms with E-state index in [2.05, 4.69) is 10.1 Å². The molecular formula is C18H22ClN5O3. The molecular weight excluding hydrogens is 370 g/mol. The van der Waals surface area contributed by atoms with E-state index >= 15 is 0 Å². The second-order valence-electron chi connectivity index (χ2n) is 6.20. The zero-order valence-electron chi connectivity index (χ0n) is 15.4. The number of carbonyl (C=O) groups excluding carboxylic acids is 2. The summed E-state index contributed by atoms with van der Waals surface area (Å²) in [5, 5.41) is 7.85. The average molecular weight is 392 g/mol. The zero-order valence-corrected chi connectivity index (χ0v) is 16.1. The molecule has 144 valence electrons. The SMILES string of the molecule is CCOC(=O)N1CCCCN1C(=O)Cc1nc(-c2ccc(Cl)cc2)nn1C. The lowest BCUT2D eigenvalue weighted by molar-refractivity contribution is -0.148. The Hall–Kier alpha value is -2.61. The van der Waals surface area contributed by atoms with Gasteiger partial charge < -0.3 is 4.74 Å². The highest BCUT2D eigenvalue weighted by molar-refractivity contribution is 6.30. The fourth-order valence-electron chi connectivity index (χ4n) is 2.93. The van der Waals surface area contributed by atoms with Crippen molar-refractivity contribution in [2.45, 2.75) is 26.2 Å². The molecule has 1 aliphatic rings. The molecule has 0 unspecified atom stereocenters. The van der Waals surface area contributed by atoms with Gasteiger partial charge in [-0.15, -0.1) is 0 Å². The topological polar surface area (TPSA) is 80.6 Å². The highest BCUT2D eigenvalue weighted by Crippen LogP contribution is 2.19. The molecule has 1 saturated heterocycles. The maximum absolute atomic E-state index is 12.8. The number of hydrazine groups is 1. The first-order chi connectivity index (χ1) is 13.0. The Morgan fingerprint density at radius 1 is 1.15 bits per heavy atom. The van der Waals surface area contributed by atoms with Gasteiger partial charge in [0, 0.05) is 30.7 Å². The Labute approximate surface area is 162 Å². The van der Waals surface area contributed by atoms with E-state index < -0.39 is 6.09 Å². The van der Waals surface area contributed by atoms with Crippen molar-refractivity contribution < 1.29 is 14.3 Å². The van der Waals surface area contributed by atoms with Crippen molar-refractivity contribution in [2.24, 2.45) is 7.05 Å². The van der Waals surface area contributed by atoms with Gasteiger partial charge in [0.05, 0.1) is 13.0 Å². The summed E-state index contributed by atoms with van der Waals surface area (Å²) < 4.78 is 6.64. The van der Waals surface area contributed by atoms with Crippen molar-refractivity contribution in [3.05, 3.63) is 35.1 Å². The van der Waals surface area contributed by atoms with Crippen molar-refractivity contribution in [2.75, 3.05) is 19.7 Å². The van der Waals surface area contributed by atoms with Gasteiger partial charge in [0.25, 0.3) is 0 Å². The van der Waals surface area contributed by atoms with E-state index in [1.165, 1.54) is 10.0 Å². The van der Waals surface area contributed by atoms with Crippen LogP contribution in [-0.2, 0) is 23.0 Å². The van der Waals surface area contributed by atoms with Gasteiger partial charge in [0.2, 0.25) is 5.91 Å². The molecule has 0 spiro atoms. The summed E-state index contributed by atoms with van der Waals surface area (Å²) >= 11 is 5.91. The molecule has 3 rings (SSSR count). The number of ether oxygens (including phenoxy) is 1. The van der Waals surface area contributed by atoms with Crippen LogP contribution in [0, 0.1) is 0 Å². The number of hydrogen-bond acceptors (Lipinski definition) is 5. The summed E-state index contributed by atoms with van der Waals surface area (Å²) in [6.45, 7) is 2.97. The largest absolute Gasteiger partial charge is 0.448 e. The third-order valence-electron chi connectivity index (χ3n) is 4.31. The highest BCUT2D eigenvalue weighted by Gasteiger charge is 2.30. The predicted octanol–water partition coefficient (Wildman–Crippen LogP) is 2.67. The first-order valence-electron chi connectivity index (χ1n) is 8.90. The molecule has 0 radical (unpaired) electrons. The van der Waals surface area contributed by atoms with Gasteiger partial charge in [-0.25, -0.2) is 19.8 Å². The van der Waals surface area contributed by atoms with Crippen molar-refractivity contribution >= 4 is 23.6 Å². The molecule has 0 aliphatic carbocycles. The van der Waals surface area contributed by atoms with E-state index in [1.54, 1.807) is 30.8 Å². The molecule has 2 heterocycles. The monoisotopic (exact) mass is 391 g/mol. The minimum Gasteiger partial charge on any atom is -0.448 e. The van der Waals surface area contributed by atoms with Crippen molar-refractivity contribution in [1.29, 1.82) is 0 Å². The Balaban J connectivity index is 1.75.